The van der Waals surface area contributed by atoms with Crippen LogP contribution in [0.2, 0.25) is 0 Å². The van der Waals surface area contributed by atoms with E-state index in [0.29, 0.717) is 19.3 Å². The number of aromatic hydroxyl groups is 1. The van der Waals surface area contributed by atoms with Crippen molar-refractivity contribution in [1.82, 2.24) is 10.6 Å². The Hall–Kier alpha value is -2.04. The fraction of sp³-hybridized carbons (Fsp3) is 0.500. The SMILES string of the molecule is CNC(=O)C(CCCc1ccccc1O)NC(=O)C(C)C. The Morgan fingerprint density at radius 2 is 1.86 bits per heavy atom. The van der Waals surface area contributed by atoms with Crippen molar-refractivity contribution < 1.29 is 14.7 Å². The molecule has 0 fully saturated rings. The van der Waals surface area contributed by atoms with Crippen LogP contribution in [0.3, 0.4) is 0 Å². The lowest BCUT2D eigenvalue weighted by molar-refractivity contribution is -0.130. The summed E-state index contributed by atoms with van der Waals surface area (Å²) >= 11 is 0. The fourth-order valence-electron chi connectivity index (χ4n) is 2.00. The van der Waals surface area contributed by atoms with Gasteiger partial charge >= 0.3 is 0 Å². The molecule has 0 bridgehead atoms. The molecule has 1 rings (SSSR count). The van der Waals surface area contributed by atoms with Crippen molar-refractivity contribution in [3.8, 4) is 5.75 Å². The first kappa shape index (κ1) is 17.0. The molecule has 1 aromatic carbocycles. The van der Waals surface area contributed by atoms with Gasteiger partial charge in [-0.05, 0) is 30.9 Å². The summed E-state index contributed by atoms with van der Waals surface area (Å²) in [5.74, 6) is -0.219. The maximum atomic E-state index is 11.8. The average molecular weight is 292 g/mol. The quantitative estimate of drug-likeness (QED) is 0.714. The molecule has 1 unspecified atom stereocenters. The van der Waals surface area contributed by atoms with Gasteiger partial charge in [0.2, 0.25) is 11.8 Å². The van der Waals surface area contributed by atoms with Gasteiger partial charge in [-0.15, -0.1) is 0 Å². The number of carbonyl (C=O) groups is 2. The number of rotatable bonds is 7. The van der Waals surface area contributed by atoms with Crippen LogP contribution in [-0.4, -0.2) is 30.0 Å². The molecule has 2 amide bonds. The topological polar surface area (TPSA) is 78.4 Å². The molecule has 0 radical (unpaired) electrons. The average Bonchev–Trinajstić information content (AvgIpc) is 2.47. The summed E-state index contributed by atoms with van der Waals surface area (Å²) in [6.45, 7) is 3.58. The lowest BCUT2D eigenvalue weighted by atomic mass is 10.0. The molecule has 5 nitrogen and oxygen atoms in total. The molecule has 1 aromatic rings. The summed E-state index contributed by atoms with van der Waals surface area (Å²) in [5.41, 5.74) is 0.850. The van der Waals surface area contributed by atoms with E-state index in [0.717, 1.165) is 5.56 Å². The minimum atomic E-state index is -0.532. The summed E-state index contributed by atoms with van der Waals surface area (Å²) in [6.07, 6.45) is 1.90. The van der Waals surface area contributed by atoms with Crippen LogP contribution in [0.5, 0.6) is 5.75 Å². The summed E-state index contributed by atoms with van der Waals surface area (Å²) in [7, 11) is 1.56. The van der Waals surface area contributed by atoms with E-state index in [1.807, 2.05) is 12.1 Å². The summed E-state index contributed by atoms with van der Waals surface area (Å²) < 4.78 is 0. The highest BCUT2D eigenvalue weighted by Crippen LogP contribution is 2.18. The summed E-state index contributed by atoms with van der Waals surface area (Å²) in [5, 5.41) is 15.0. The van der Waals surface area contributed by atoms with Crippen LogP contribution in [0.25, 0.3) is 0 Å². The van der Waals surface area contributed by atoms with Gasteiger partial charge in [0, 0.05) is 13.0 Å². The lowest BCUT2D eigenvalue weighted by Gasteiger charge is -2.18. The lowest BCUT2D eigenvalue weighted by Crippen LogP contribution is -2.47. The third-order valence-electron chi connectivity index (χ3n) is 3.33. The van der Waals surface area contributed by atoms with Crippen molar-refractivity contribution >= 4 is 11.8 Å². The Bertz CT molecular complexity index is 486. The molecule has 0 aliphatic rings. The first-order valence-electron chi connectivity index (χ1n) is 7.24. The molecular weight excluding hydrogens is 268 g/mol. The van der Waals surface area contributed by atoms with Gasteiger partial charge in [-0.25, -0.2) is 0 Å². The molecule has 0 heterocycles. The first-order valence-corrected chi connectivity index (χ1v) is 7.24. The third kappa shape index (κ3) is 5.45. The number of likely N-dealkylation sites (N-methyl/N-ethyl adjacent to an activating group) is 1. The van der Waals surface area contributed by atoms with Gasteiger partial charge in [0.15, 0.2) is 0 Å². The van der Waals surface area contributed by atoms with Crippen LogP contribution in [0.1, 0.15) is 32.3 Å². The predicted octanol–water partition coefficient (Wildman–Crippen LogP) is 1.60. The third-order valence-corrected chi connectivity index (χ3v) is 3.33. The van der Waals surface area contributed by atoms with Gasteiger partial charge in [0.05, 0.1) is 0 Å². The molecule has 116 valence electrons. The molecule has 1 atom stereocenters. The number of aryl methyl sites for hydroxylation is 1. The van der Waals surface area contributed by atoms with Crippen LogP contribution < -0.4 is 10.6 Å². The number of benzene rings is 1. The number of phenolic OH excluding ortho intramolecular Hbond substituents is 1. The largest absolute Gasteiger partial charge is 0.508 e. The minimum Gasteiger partial charge on any atom is -0.508 e. The van der Waals surface area contributed by atoms with Gasteiger partial charge in [0.1, 0.15) is 11.8 Å². The maximum Gasteiger partial charge on any atom is 0.242 e. The number of para-hydroxylation sites is 1. The van der Waals surface area contributed by atoms with E-state index in [9.17, 15) is 14.7 Å². The fourth-order valence-corrected chi connectivity index (χ4v) is 2.00. The standard InChI is InChI=1S/C16H24N2O3/c1-11(2)15(20)18-13(16(21)17-3)9-6-8-12-7-4-5-10-14(12)19/h4-5,7,10-11,13,19H,6,8-9H2,1-3H3,(H,17,21)(H,18,20). The van der Waals surface area contributed by atoms with Crippen LogP contribution in [0, 0.1) is 5.92 Å². The maximum absolute atomic E-state index is 11.8. The highest BCUT2D eigenvalue weighted by molar-refractivity contribution is 5.88. The molecule has 5 heteroatoms. The molecule has 0 saturated carbocycles. The van der Waals surface area contributed by atoms with Gasteiger partial charge < -0.3 is 15.7 Å². The Labute approximate surface area is 125 Å². The Balaban J connectivity index is 2.56. The van der Waals surface area contributed by atoms with E-state index < -0.39 is 6.04 Å². The van der Waals surface area contributed by atoms with Gasteiger partial charge in [-0.1, -0.05) is 32.0 Å². The van der Waals surface area contributed by atoms with Crippen LogP contribution >= 0.6 is 0 Å². The highest BCUT2D eigenvalue weighted by Gasteiger charge is 2.20. The smallest absolute Gasteiger partial charge is 0.242 e. The van der Waals surface area contributed by atoms with E-state index in [2.05, 4.69) is 10.6 Å². The number of carbonyl (C=O) groups excluding carboxylic acids is 2. The van der Waals surface area contributed by atoms with E-state index in [1.165, 1.54) is 0 Å². The molecule has 0 aliphatic carbocycles. The number of hydrogen-bond donors (Lipinski definition) is 3. The molecular formula is C16H24N2O3. The van der Waals surface area contributed by atoms with Crippen molar-refractivity contribution in [3.63, 3.8) is 0 Å². The number of hydrogen-bond acceptors (Lipinski definition) is 3. The minimum absolute atomic E-state index is 0.133. The molecule has 3 N–H and O–H groups in total. The molecule has 21 heavy (non-hydrogen) atoms. The van der Waals surface area contributed by atoms with Crippen molar-refractivity contribution in [3.05, 3.63) is 29.8 Å². The van der Waals surface area contributed by atoms with Crippen molar-refractivity contribution in [1.29, 1.82) is 0 Å². The van der Waals surface area contributed by atoms with Gasteiger partial charge in [-0.3, -0.25) is 9.59 Å². The van der Waals surface area contributed by atoms with Crippen LogP contribution in [-0.2, 0) is 16.0 Å². The Kier molecular flexibility index (Phi) is 6.72. The van der Waals surface area contributed by atoms with E-state index in [-0.39, 0.29) is 23.5 Å². The molecule has 0 aromatic heterocycles. The van der Waals surface area contributed by atoms with Crippen LogP contribution in [0.15, 0.2) is 24.3 Å². The molecule has 0 aliphatic heterocycles. The highest BCUT2D eigenvalue weighted by atomic mass is 16.3. The Morgan fingerprint density at radius 1 is 1.19 bits per heavy atom. The Morgan fingerprint density at radius 3 is 2.43 bits per heavy atom. The summed E-state index contributed by atoms with van der Waals surface area (Å²) in [4.78, 5) is 23.5. The second-order valence-electron chi connectivity index (χ2n) is 5.35. The molecule has 0 spiro atoms. The second-order valence-corrected chi connectivity index (χ2v) is 5.35. The second kappa shape index (κ2) is 8.29. The van der Waals surface area contributed by atoms with E-state index >= 15 is 0 Å². The monoisotopic (exact) mass is 292 g/mol. The molecule has 0 saturated heterocycles. The van der Waals surface area contributed by atoms with E-state index in [1.54, 1.807) is 33.0 Å². The zero-order chi connectivity index (χ0) is 15.8. The first-order chi connectivity index (χ1) is 9.95. The normalized spacial score (nSPS) is 12.0. The van der Waals surface area contributed by atoms with Gasteiger partial charge in [-0.2, -0.15) is 0 Å². The van der Waals surface area contributed by atoms with Crippen molar-refractivity contribution in [2.75, 3.05) is 7.05 Å². The zero-order valence-corrected chi connectivity index (χ0v) is 12.8. The zero-order valence-electron chi connectivity index (χ0n) is 12.8. The summed E-state index contributed by atoms with van der Waals surface area (Å²) in [6, 6.07) is 6.61. The van der Waals surface area contributed by atoms with Crippen LogP contribution in [0.4, 0.5) is 0 Å². The predicted molar refractivity (Wildman–Crippen MR) is 81.9 cm³/mol. The van der Waals surface area contributed by atoms with Crippen molar-refractivity contribution in [2.24, 2.45) is 5.92 Å². The number of amides is 2. The number of nitrogens with one attached hydrogen (secondary N) is 2. The van der Waals surface area contributed by atoms with E-state index in [4.69, 9.17) is 0 Å². The van der Waals surface area contributed by atoms with Gasteiger partial charge in [0.25, 0.3) is 0 Å². The number of phenols is 1. The van der Waals surface area contributed by atoms with Crippen molar-refractivity contribution in [2.45, 2.75) is 39.2 Å².